The predicted octanol–water partition coefficient (Wildman–Crippen LogP) is 0.789. The molecular weight excluding hydrogens is 204 g/mol. The summed E-state index contributed by atoms with van der Waals surface area (Å²) in [5, 5.41) is 3.00. The van der Waals surface area contributed by atoms with Gasteiger partial charge in [-0.05, 0) is 19.3 Å². The summed E-state index contributed by atoms with van der Waals surface area (Å²) in [6, 6.07) is 0. The van der Waals surface area contributed by atoms with Crippen molar-refractivity contribution in [3.05, 3.63) is 12.7 Å². The maximum atomic E-state index is 11.7. The Morgan fingerprint density at radius 3 is 3.06 bits per heavy atom. The molecule has 4 heteroatoms. The Balaban J connectivity index is 2.19. The molecule has 0 aromatic heterocycles. The Morgan fingerprint density at radius 1 is 1.62 bits per heavy atom. The van der Waals surface area contributed by atoms with Gasteiger partial charge in [0.15, 0.2) is 0 Å². The number of ether oxygens (including phenoxy) is 1. The lowest BCUT2D eigenvalue weighted by atomic mass is 10.1. The lowest BCUT2D eigenvalue weighted by Crippen LogP contribution is -2.41. The van der Waals surface area contributed by atoms with Crippen LogP contribution in [-0.2, 0) is 9.53 Å². The Bertz CT molecular complexity index is 225. The number of rotatable bonds is 6. The number of likely N-dealkylation sites (N-methyl/N-ethyl adjacent to an activating group) is 1. The first kappa shape index (κ1) is 13.2. The molecule has 0 aliphatic carbocycles. The first-order valence-corrected chi connectivity index (χ1v) is 5.91. The second-order valence-corrected chi connectivity index (χ2v) is 4.18. The van der Waals surface area contributed by atoms with Gasteiger partial charge < -0.3 is 15.0 Å². The van der Waals surface area contributed by atoms with Crippen LogP contribution < -0.4 is 5.32 Å². The summed E-state index contributed by atoms with van der Waals surface area (Å²) < 4.78 is 5.59. The molecule has 92 valence electrons. The fourth-order valence-corrected chi connectivity index (χ4v) is 1.77. The highest BCUT2D eigenvalue weighted by molar-refractivity contribution is 5.78. The van der Waals surface area contributed by atoms with E-state index in [1.54, 1.807) is 11.0 Å². The zero-order valence-corrected chi connectivity index (χ0v) is 10.1. The zero-order chi connectivity index (χ0) is 11.8. The third-order valence-corrected chi connectivity index (χ3v) is 2.74. The number of hydrogen-bond donors (Lipinski definition) is 1. The summed E-state index contributed by atoms with van der Waals surface area (Å²) in [5.74, 6) is 0.107. The van der Waals surface area contributed by atoms with Crippen LogP contribution >= 0.6 is 0 Å². The number of carbonyl (C=O) groups is 1. The van der Waals surface area contributed by atoms with E-state index < -0.39 is 0 Å². The van der Waals surface area contributed by atoms with Gasteiger partial charge in [-0.1, -0.05) is 6.08 Å². The van der Waals surface area contributed by atoms with E-state index >= 15 is 0 Å². The third kappa shape index (κ3) is 4.77. The molecule has 16 heavy (non-hydrogen) atoms. The van der Waals surface area contributed by atoms with Crippen molar-refractivity contribution < 1.29 is 9.53 Å². The maximum absolute atomic E-state index is 11.7. The van der Waals surface area contributed by atoms with Crippen LogP contribution in [0, 0.1) is 0 Å². The highest BCUT2D eigenvalue weighted by Gasteiger charge is 2.18. The Morgan fingerprint density at radius 2 is 2.44 bits per heavy atom. The largest absolute Gasteiger partial charge is 0.376 e. The topological polar surface area (TPSA) is 41.6 Å². The average Bonchev–Trinajstić information content (AvgIpc) is 2.30. The SMILES string of the molecule is C=CCNCC(=O)N(C)CC1CCCCO1. The maximum Gasteiger partial charge on any atom is 0.236 e. The zero-order valence-electron chi connectivity index (χ0n) is 10.1. The van der Waals surface area contributed by atoms with Crippen molar-refractivity contribution in [2.45, 2.75) is 25.4 Å². The van der Waals surface area contributed by atoms with Crippen LogP contribution in [0.4, 0.5) is 0 Å². The van der Waals surface area contributed by atoms with Crippen molar-refractivity contribution >= 4 is 5.91 Å². The molecule has 1 aliphatic rings. The standard InChI is InChI=1S/C12H22N2O2/c1-3-7-13-9-12(15)14(2)10-11-6-4-5-8-16-11/h3,11,13H,1,4-10H2,2H3. The van der Waals surface area contributed by atoms with Crippen LogP contribution in [0.1, 0.15) is 19.3 Å². The van der Waals surface area contributed by atoms with Gasteiger partial charge in [-0.15, -0.1) is 6.58 Å². The van der Waals surface area contributed by atoms with Crippen molar-refractivity contribution in [2.75, 3.05) is 33.3 Å². The summed E-state index contributed by atoms with van der Waals surface area (Å²) in [6.45, 7) is 6.16. The molecule has 0 bridgehead atoms. The molecule has 0 radical (unpaired) electrons. The van der Waals surface area contributed by atoms with Gasteiger partial charge in [-0.3, -0.25) is 4.79 Å². The molecule has 1 rings (SSSR count). The second kappa shape index (κ2) is 7.41. The molecule has 0 saturated carbocycles. The number of carbonyl (C=O) groups excluding carboxylic acids is 1. The molecule has 0 spiro atoms. The molecule has 4 nitrogen and oxygen atoms in total. The van der Waals surface area contributed by atoms with Crippen molar-refractivity contribution in [3.63, 3.8) is 0 Å². The van der Waals surface area contributed by atoms with Gasteiger partial charge in [-0.25, -0.2) is 0 Å². The summed E-state index contributed by atoms with van der Waals surface area (Å²) in [4.78, 5) is 13.4. The van der Waals surface area contributed by atoms with E-state index in [0.29, 0.717) is 19.6 Å². The highest BCUT2D eigenvalue weighted by atomic mass is 16.5. The lowest BCUT2D eigenvalue weighted by Gasteiger charge is -2.27. The van der Waals surface area contributed by atoms with Crippen molar-refractivity contribution in [1.82, 2.24) is 10.2 Å². The molecule has 1 N–H and O–H groups in total. The van der Waals surface area contributed by atoms with Crippen molar-refractivity contribution in [3.8, 4) is 0 Å². The molecular formula is C12H22N2O2. The highest BCUT2D eigenvalue weighted by Crippen LogP contribution is 2.13. The first-order chi connectivity index (χ1) is 7.74. The van der Waals surface area contributed by atoms with Crippen LogP contribution in [0.15, 0.2) is 12.7 Å². The fourth-order valence-electron chi connectivity index (χ4n) is 1.77. The Labute approximate surface area is 97.6 Å². The van der Waals surface area contributed by atoms with Gasteiger partial charge in [0, 0.05) is 26.7 Å². The van der Waals surface area contributed by atoms with Gasteiger partial charge in [0.25, 0.3) is 0 Å². The van der Waals surface area contributed by atoms with Gasteiger partial charge in [0.1, 0.15) is 0 Å². The summed E-state index contributed by atoms with van der Waals surface area (Å²) in [5.41, 5.74) is 0. The van der Waals surface area contributed by atoms with E-state index in [-0.39, 0.29) is 12.0 Å². The molecule has 0 aromatic carbocycles. The Kier molecular flexibility index (Phi) is 6.11. The first-order valence-electron chi connectivity index (χ1n) is 5.91. The quantitative estimate of drug-likeness (QED) is 0.538. The van der Waals surface area contributed by atoms with Crippen LogP contribution in [0.3, 0.4) is 0 Å². The summed E-state index contributed by atoms with van der Waals surface area (Å²) in [6.07, 6.45) is 5.40. The molecule has 1 amide bonds. The van der Waals surface area contributed by atoms with E-state index in [0.717, 1.165) is 19.4 Å². The van der Waals surface area contributed by atoms with E-state index in [1.165, 1.54) is 6.42 Å². The average molecular weight is 226 g/mol. The number of nitrogens with zero attached hydrogens (tertiary/aromatic N) is 1. The molecule has 1 aliphatic heterocycles. The monoisotopic (exact) mass is 226 g/mol. The molecule has 1 unspecified atom stereocenters. The van der Waals surface area contributed by atoms with Gasteiger partial charge in [0.2, 0.25) is 5.91 Å². The summed E-state index contributed by atoms with van der Waals surface area (Å²) in [7, 11) is 1.83. The third-order valence-electron chi connectivity index (χ3n) is 2.74. The van der Waals surface area contributed by atoms with E-state index in [4.69, 9.17) is 4.74 Å². The lowest BCUT2D eigenvalue weighted by molar-refractivity contribution is -0.131. The van der Waals surface area contributed by atoms with Crippen molar-refractivity contribution in [2.24, 2.45) is 0 Å². The van der Waals surface area contributed by atoms with E-state index in [9.17, 15) is 4.79 Å². The predicted molar refractivity (Wildman–Crippen MR) is 64.3 cm³/mol. The van der Waals surface area contributed by atoms with Crippen LogP contribution in [-0.4, -0.2) is 50.2 Å². The van der Waals surface area contributed by atoms with Gasteiger partial charge >= 0.3 is 0 Å². The Hall–Kier alpha value is -0.870. The number of hydrogen-bond acceptors (Lipinski definition) is 3. The second-order valence-electron chi connectivity index (χ2n) is 4.18. The van der Waals surface area contributed by atoms with Gasteiger partial charge in [0.05, 0.1) is 12.6 Å². The molecule has 1 saturated heterocycles. The number of nitrogens with one attached hydrogen (secondary N) is 1. The van der Waals surface area contributed by atoms with E-state index in [2.05, 4.69) is 11.9 Å². The normalized spacial score (nSPS) is 20.4. The van der Waals surface area contributed by atoms with Crippen molar-refractivity contribution in [1.29, 1.82) is 0 Å². The number of amides is 1. The molecule has 0 aromatic rings. The van der Waals surface area contributed by atoms with E-state index in [1.807, 2.05) is 7.05 Å². The smallest absolute Gasteiger partial charge is 0.236 e. The fraction of sp³-hybridized carbons (Fsp3) is 0.750. The van der Waals surface area contributed by atoms with Crippen LogP contribution in [0.2, 0.25) is 0 Å². The minimum absolute atomic E-state index is 0.107. The van der Waals surface area contributed by atoms with Crippen LogP contribution in [0.5, 0.6) is 0 Å². The van der Waals surface area contributed by atoms with Gasteiger partial charge in [-0.2, -0.15) is 0 Å². The molecule has 1 fully saturated rings. The van der Waals surface area contributed by atoms with Crippen LogP contribution in [0.25, 0.3) is 0 Å². The minimum atomic E-state index is 0.107. The summed E-state index contributed by atoms with van der Waals surface area (Å²) >= 11 is 0. The molecule has 1 atom stereocenters. The molecule has 1 heterocycles. The minimum Gasteiger partial charge on any atom is -0.376 e.